The molecule has 1 aromatic heterocycles. The van der Waals surface area contributed by atoms with Crippen LogP contribution in [-0.2, 0) is 0 Å². The van der Waals surface area contributed by atoms with Crippen LogP contribution in [0.25, 0.3) is 21.7 Å². The fourth-order valence-electron chi connectivity index (χ4n) is 3.28. The Morgan fingerprint density at radius 3 is 2.46 bits per heavy atom. The van der Waals surface area contributed by atoms with Crippen molar-refractivity contribution in [1.82, 2.24) is 0 Å². The largest absolute Gasteiger partial charge is 0.383 e. The van der Waals surface area contributed by atoms with Gasteiger partial charge in [0.1, 0.15) is 0 Å². The van der Waals surface area contributed by atoms with Gasteiger partial charge >= 0.3 is 0 Å². The molecule has 3 N–H and O–H groups in total. The van der Waals surface area contributed by atoms with E-state index < -0.39 is 0 Å². The van der Waals surface area contributed by atoms with E-state index in [9.17, 15) is 0 Å². The molecule has 0 aliphatic heterocycles. The predicted molar refractivity (Wildman–Crippen MR) is 111 cm³/mol. The van der Waals surface area contributed by atoms with Crippen LogP contribution in [0.2, 0.25) is 5.02 Å². The molecule has 0 atom stereocenters. The Morgan fingerprint density at radius 2 is 1.62 bits per heavy atom. The average molecular weight is 363 g/mol. The van der Waals surface area contributed by atoms with Gasteiger partial charge in [0.2, 0.25) is 5.52 Å². The summed E-state index contributed by atoms with van der Waals surface area (Å²) in [5.41, 5.74) is 4.54. The van der Waals surface area contributed by atoms with Crippen molar-refractivity contribution in [2.24, 2.45) is 0 Å². The minimum Gasteiger partial charge on any atom is -0.383 e. The van der Waals surface area contributed by atoms with Gasteiger partial charge < -0.3 is 10.6 Å². The maximum Gasteiger partial charge on any atom is 0.221 e. The highest BCUT2D eigenvalue weighted by Gasteiger charge is 2.12. The zero-order chi connectivity index (χ0) is 17.9. The monoisotopic (exact) mass is 362 g/mol. The van der Waals surface area contributed by atoms with Crippen molar-refractivity contribution < 1.29 is 4.98 Å². The first-order chi connectivity index (χ1) is 12.7. The number of halogens is 1. The number of aromatic amines is 1. The van der Waals surface area contributed by atoms with Crippen molar-refractivity contribution in [1.29, 1.82) is 0 Å². The molecule has 0 saturated heterocycles. The lowest BCUT2D eigenvalue weighted by Gasteiger charge is -2.11. The first-order valence-electron chi connectivity index (χ1n) is 8.78. The van der Waals surface area contributed by atoms with E-state index in [1.807, 2.05) is 24.3 Å². The number of nitrogens with one attached hydrogen (secondary N) is 3. The Bertz CT molecular complexity index is 1060. The highest BCUT2D eigenvalue weighted by molar-refractivity contribution is 6.30. The summed E-state index contributed by atoms with van der Waals surface area (Å²) in [6, 6.07) is 22.8. The lowest BCUT2D eigenvalue weighted by molar-refractivity contribution is -0.353. The minimum absolute atomic E-state index is 0.753. The number of H-pyrrole nitrogens is 1. The lowest BCUT2D eigenvalue weighted by atomic mass is 10.0. The Labute approximate surface area is 158 Å². The van der Waals surface area contributed by atoms with Crippen molar-refractivity contribution >= 4 is 44.7 Å². The molecule has 0 radical (unpaired) electrons. The summed E-state index contributed by atoms with van der Waals surface area (Å²) in [4.78, 5) is 3.53. The molecule has 0 spiro atoms. The van der Waals surface area contributed by atoms with Gasteiger partial charge in [-0.05, 0) is 41.8 Å². The standard InChI is InChI=1S/C22H20ClN3/c1-15-14-21(25-13-12-24-18-9-7-17(23)8-10-18)20-11-6-16-4-2-3-5-19(16)22(20)26-15/h2-11,14,24H,12-13H2,1H3,(H,25,26)/p+1. The van der Waals surface area contributed by atoms with Gasteiger partial charge in [0.15, 0.2) is 5.69 Å². The molecule has 1 heterocycles. The van der Waals surface area contributed by atoms with Gasteiger partial charge in [-0.3, -0.25) is 0 Å². The Kier molecular flexibility index (Phi) is 4.63. The van der Waals surface area contributed by atoms with Gasteiger partial charge in [-0.1, -0.05) is 35.9 Å². The molecule has 4 heteroatoms. The molecule has 26 heavy (non-hydrogen) atoms. The summed E-state index contributed by atoms with van der Waals surface area (Å²) < 4.78 is 0. The molecule has 130 valence electrons. The van der Waals surface area contributed by atoms with E-state index in [0.29, 0.717) is 0 Å². The molecule has 3 aromatic carbocycles. The summed E-state index contributed by atoms with van der Waals surface area (Å²) in [6.45, 7) is 3.75. The van der Waals surface area contributed by atoms with Crippen LogP contribution >= 0.6 is 11.6 Å². The third-order valence-electron chi connectivity index (χ3n) is 4.52. The lowest BCUT2D eigenvalue weighted by Crippen LogP contribution is -2.16. The molecule has 0 bridgehead atoms. The first kappa shape index (κ1) is 16.7. The van der Waals surface area contributed by atoms with E-state index in [-0.39, 0.29) is 0 Å². The van der Waals surface area contributed by atoms with Gasteiger partial charge in [0.05, 0.1) is 16.5 Å². The van der Waals surface area contributed by atoms with Crippen LogP contribution in [0.1, 0.15) is 5.69 Å². The van der Waals surface area contributed by atoms with E-state index >= 15 is 0 Å². The molecule has 0 saturated carbocycles. The summed E-state index contributed by atoms with van der Waals surface area (Å²) >= 11 is 5.92. The van der Waals surface area contributed by atoms with Crippen LogP contribution in [-0.4, -0.2) is 13.1 Å². The van der Waals surface area contributed by atoms with Gasteiger partial charge in [-0.2, -0.15) is 0 Å². The number of aryl methyl sites for hydroxylation is 1. The zero-order valence-electron chi connectivity index (χ0n) is 14.6. The quantitative estimate of drug-likeness (QED) is 0.374. The van der Waals surface area contributed by atoms with Gasteiger partial charge in [0.25, 0.3) is 0 Å². The molecule has 0 unspecified atom stereocenters. The van der Waals surface area contributed by atoms with Crippen molar-refractivity contribution in [2.45, 2.75) is 6.92 Å². The number of hydrogen-bond donors (Lipinski definition) is 2. The molecule has 4 aromatic rings. The van der Waals surface area contributed by atoms with Crippen molar-refractivity contribution in [2.75, 3.05) is 23.7 Å². The van der Waals surface area contributed by atoms with Gasteiger partial charge in [0, 0.05) is 36.8 Å². The van der Waals surface area contributed by atoms with Crippen molar-refractivity contribution in [3.05, 3.63) is 77.4 Å². The summed E-state index contributed by atoms with van der Waals surface area (Å²) in [7, 11) is 0. The maximum atomic E-state index is 5.92. The molecule has 0 fully saturated rings. The van der Waals surface area contributed by atoms with E-state index in [1.165, 1.54) is 21.7 Å². The first-order valence-corrected chi connectivity index (χ1v) is 9.16. The number of rotatable bonds is 5. The van der Waals surface area contributed by atoms with Crippen LogP contribution in [0, 0.1) is 6.92 Å². The highest BCUT2D eigenvalue weighted by atomic mass is 35.5. The fraction of sp³-hybridized carbons (Fsp3) is 0.136. The number of aromatic nitrogens is 1. The van der Waals surface area contributed by atoms with E-state index in [4.69, 9.17) is 11.6 Å². The number of anilines is 2. The number of hydrogen-bond acceptors (Lipinski definition) is 2. The predicted octanol–water partition coefficient (Wildman–Crippen LogP) is 5.29. The highest BCUT2D eigenvalue weighted by Crippen LogP contribution is 2.27. The second-order valence-electron chi connectivity index (χ2n) is 6.44. The fourth-order valence-corrected chi connectivity index (χ4v) is 3.40. The van der Waals surface area contributed by atoms with E-state index in [1.54, 1.807) is 0 Å². The molecule has 3 nitrogen and oxygen atoms in total. The second-order valence-corrected chi connectivity index (χ2v) is 6.87. The number of fused-ring (bicyclic) bond motifs is 3. The van der Waals surface area contributed by atoms with Gasteiger partial charge in [-0.15, -0.1) is 0 Å². The maximum absolute atomic E-state index is 5.92. The Hall–Kier alpha value is -2.78. The van der Waals surface area contributed by atoms with E-state index in [0.717, 1.165) is 35.2 Å². The molecular weight excluding hydrogens is 342 g/mol. The van der Waals surface area contributed by atoms with Crippen molar-refractivity contribution in [3.8, 4) is 0 Å². The molecule has 4 rings (SSSR count). The Balaban J connectivity index is 1.54. The van der Waals surface area contributed by atoms with Crippen molar-refractivity contribution in [3.63, 3.8) is 0 Å². The second kappa shape index (κ2) is 7.22. The normalized spacial score (nSPS) is 11.0. The van der Waals surface area contributed by atoms with Crippen LogP contribution in [0.5, 0.6) is 0 Å². The molecule has 0 amide bonds. The average Bonchev–Trinajstić information content (AvgIpc) is 2.66. The number of benzene rings is 3. The van der Waals surface area contributed by atoms with Crippen LogP contribution < -0.4 is 15.6 Å². The SMILES string of the molecule is Cc1cc(NCCNc2ccc(Cl)cc2)c2ccc3ccccc3c2[nH+]1. The molecule has 0 aliphatic carbocycles. The molecular formula is C22H21ClN3+. The number of pyridine rings is 1. The van der Waals surface area contributed by atoms with Crippen LogP contribution in [0.4, 0.5) is 11.4 Å². The Morgan fingerprint density at radius 1 is 0.846 bits per heavy atom. The minimum atomic E-state index is 0.753. The smallest absolute Gasteiger partial charge is 0.221 e. The van der Waals surface area contributed by atoms with Gasteiger partial charge in [-0.25, -0.2) is 4.98 Å². The third kappa shape index (κ3) is 3.44. The third-order valence-corrected chi connectivity index (χ3v) is 4.77. The zero-order valence-corrected chi connectivity index (χ0v) is 15.4. The van der Waals surface area contributed by atoms with E-state index in [2.05, 4.69) is 65.0 Å². The summed E-state index contributed by atoms with van der Waals surface area (Å²) in [5.74, 6) is 0. The summed E-state index contributed by atoms with van der Waals surface area (Å²) in [6.07, 6.45) is 0. The topological polar surface area (TPSA) is 38.2 Å². The summed E-state index contributed by atoms with van der Waals surface area (Å²) in [5, 5.41) is 11.4. The van der Waals surface area contributed by atoms with Crippen LogP contribution in [0.3, 0.4) is 0 Å². The molecule has 0 aliphatic rings. The van der Waals surface area contributed by atoms with Crippen LogP contribution in [0.15, 0.2) is 66.7 Å².